The van der Waals surface area contributed by atoms with Crippen LogP contribution < -0.4 is 10.2 Å². The van der Waals surface area contributed by atoms with Gasteiger partial charge in [-0.25, -0.2) is 4.98 Å². The first-order chi connectivity index (χ1) is 12.1. The smallest absolute Gasteiger partial charge is 0.128 e. The molecule has 1 aliphatic carbocycles. The zero-order valence-electron chi connectivity index (χ0n) is 15.0. The van der Waals surface area contributed by atoms with Crippen LogP contribution in [0.4, 0.5) is 5.82 Å². The Morgan fingerprint density at radius 2 is 1.96 bits per heavy atom. The Kier molecular flexibility index (Phi) is 5.94. The van der Waals surface area contributed by atoms with E-state index in [0.717, 1.165) is 30.5 Å². The van der Waals surface area contributed by atoms with Crippen molar-refractivity contribution < 1.29 is 4.74 Å². The fourth-order valence-corrected chi connectivity index (χ4v) is 3.18. The standard InChI is InChI=1S/C20H26ClN3O/c1-24(11-12-25-2)19-8-3-16(14-23-19)13-22-15-20(9-10-20)17-4-6-18(21)7-5-17/h3-8,14,22H,9-13,15H2,1-2H3. The highest BCUT2D eigenvalue weighted by Gasteiger charge is 2.43. The van der Waals surface area contributed by atoms with Crippen molar-refractivity contribution in [3.8, 4) is 0 Å². The number of likely N-dealkylation sites (N-methyl/N-ethyl adjacent to an activating group) is 1. The average molecular weight is 360 g/mol. The number of halogens is 1. The predicted octanol–water partition coefficient (Wildman–Crippen LogP) is 3.64. The summed E-state index contributed by atoms with van der Waals surface area (Å²) < 4.78 is 5.10. The monoisotopic (exact) mass is 359 g/mol. The second-order valence-electron chi connectivity index (χ2n) is 6.83. The SMILES string of the molecule is COCCN(C)c1ccc(CNCC2(c3ccc(Cl)cc3)CC2)cn1. The van der Waals surface area contributed by atoms with Crippen LogP contribution in [-0.4, -0.2) is 38.8 Å². The molecule has 2 aromatic rings. The molecule has 1 fully saturated rings. The van der Waals surface area contributed by atoms with Gasteiger partial charge in [0.1, 0.15) is 5.82 Å². The molecule has 0 unspecified atom stereocenters. The molecule has 0 saturated heterocycles. The lowest BCUT2D eigenvalue weighted by Gasteiger charge is -2.18. The Morgan fingerprint density at radius 1 is 1.20 bits per heavy atom. The Bertz CT molecular complexity index is 668. The summed E-state index contributed by atoms with van der Waals surface area (Å²) >= 11 is 6.00. The largest absolute Gasteiger partial charge is 0.383 e. The molecule has 0 bridgehead atoms. The first-order valence-corrected chi connectivity index (χ1v) is 9.12. The minimum Gasteiger partial charge on any atom is -0.383 e. The van der Waals surface area contributed by atoms with Crippen LogP contribution in [0.5, 0.6) is 0 Å². The number of hydrogen-bond donors (Lipinski definition) is 1. The summed E-state index contributed by atoms with van der Waals surface area (Å²) in [5.74, 6) is 0.973. The molecule has 1 N–H and O–H groups in total. The van der Waals surface area contributed by atoms with Gasteiger partial charge in [-0.1, -0.05) is 29.8 Å². The third-order valence-electron chi connectivity index (χ3n) is 4.93. The van der Waals surface area contributed by atoms with Crippen molar-refractivity contribution in [2.45, 2.75) is 24.8 Å². The van der Waals surface area contributed by atoms with E-state index >= 15 is 0 Å². The Morgan fingerprint density at radius 3 is 2.56 bits per heavy atom. The Labute approximate surface area is 155 Å². The number of ether oxygens (including phenoxy) is 1. The van der Waals surface area contributed by atoms with Gasteiger partial charge in [-0.2, -0.15) is 0 Å². The van der Waals surface area contributed by atoms with Crippen molar-refractivity contribution >= 4 is 17.4 Å². The Hall–Kier alpha value is -1.62. The molecule has 0 aliphatic heterocycles. The molecule has 3 rings (SSSR count). The predicted molar refractivity (Wildman–Crippen MR) is 103 cm³/mol. The molecule has 0 atom stereocenters. The van der Waals surface area contributed by atoms with Gasteiger partial charge in [-0.3, -0.25) is 0 Å². The number of rotatable bonds is 9. The molecule has 1 saturated carbocycles. The average Bonchev–Trinajstić information content (AvgIpc) is 3.42. The number of nitrogens with zero attached hydrogens (tertiary/aromatic N) is 2. The molecule has 4 nitrogen and oxygen atoms in total. The third-order valence-corrected chi connectivity index (χ3v) is 5.19. The molecule has 0 amide bonds. The van der Waals surface area contributed by atoms with Crippen LogP contribution in [0, 0.1) is 0 Å². The van der Waals surface area contributed by atoms with E-state index in [9.17, 15) is 0 Å². The molecule has 0 spiro atoms. The van der Waals surface area contributed by atoms with Crippen molar-refractivity contribution in [1.82, 2.24) is 10.3 Å². The molecule has 134 valence electrons. The normalized spacial score (nSPS) is 15.2. The van der Waals surface area contributed by atoms with E-state index in [1.165, 1.54) is 24.0 Å². The number of nitrogens with one attached hydrogen (secondary N) is 1. The quantitative estimate of drug-likeness (QED) is 0.741. The van der Waals surface area contributed by atoms with Crippen molar-refractivity contribution in [2.75, 3.05) is 38.8 Å². The molecular weight excluding hydrogens is 334 g/mol. The molecule has 1 aromatic heterocycles. The summed E-state index contributed by atoms with van der Waals surface area (Å²) in [4.78, 5) is 6.64. The van der Waals surface area contributed by atoms with Crippen LogP contribution in [0.25, 0.3) is 0 Å². The van der Waals surface area contributed by atoms with Crippen molar-refractivity contribution in [2.24, 2.45) is 0 Å². The van der Waals surface area contributed by atoms with Gasteiger partial charge in [0.2, 0.25) is 0 Å². The number of benzene rings is 1. The van der Waals surface area contributed by atoms with Gasteiger partial charge >= 0.3 is 0 Å². The summed E-state index contributed by atoms with van der Waals surface area (Å²) in [5.41, 5.74) is 2.88. The summed E-state index contributed by atoms with van der Waals surface area (Å²) in [6.07, 6.45) is 4.43. The fourth-order valence-electron chi connectivity index (χ4n) is 3.06. The number of pyridine rings is 1. The van der Waals surface area contributed by atoms with Crippen molar-refractivity contribution in [3.63, 3.8) is 0 Å². The second kappa shape index (κ2) is 8.17. The molecule has 1 aliphatic rings. The Balaban J connectivity index is 1.50. The lowest BCUT2D eigenvalue weighted by Crippen LogP contribution is -2.26. The van der Waals surface area contributed by atoms with E-state index in [2.05, 4.69) is 39.5 Å². The summed E-state index contributed by atoms with van der Waals surface area (Å²) in [7, 11) is 3.74. The van der Waals surface area contributed by atoms with Crippen LogP contribution in [0.1, 0.15) is 24.0 Å². The van der Waals surface area contributed by atoms with Crippen LogP contribution in [0.2, 0.25) is 5.02 Å². The van der Waals surface area contributed by atoms with Gasteiger partial charge in [0, 0.05) is 50.4 Å². The van der Waals surface area contributed by atoms with Crippen LogP contribution in [0.15, 0.2) is 42.6 Å². The highest BCUT2D eigenvalue weighted by Crippen LogP contribution is 2.47. The van der Waals surface area contributed by atoms with Gasteiger partial charge < -0.3 is 15.0 Å². The van der Waals surface area contributed by atoms with Crippen LogP contribution in [0.3, 0.4) is 0 Å². The summed E-state index contributed by atoms with van der Waals surface area (Å²) in [5, 5.41) is 4.39. The number of aromatic nitrogens is 1. The molecule has 25 heavy (non-hydrogen) atoms. The maximum atomic E-state index is 6.00. The molecule has 1 heterocycles. The number of anilines is 1. The van der Waals surface area contributed by atoms with Crippen LogP contribution in [-0.2, 0) is 16.7 Å². The topological polar surface area (TPSA) is 37.4 Å². The van der Waals surface area contributed by atoms with Gasteiger partial charge in [0.05, 0.1) is 6.61 Å². The minimum absolute atomic E-state index is 0.290. The van der Waals surface area contributed by atoms with Crippen molar-refractivity contribution in [3.05, 3.63) is 58.7 Å². The second-order valence-corrected chi connectivity index (χ2v) is 7.27. The van der Waals surface area contributed by atoms with Gasteiger partial charge in [0.15, 0.2) is 0 Å². The first-order valence-electron chi connectivity index (χ1n) is 8.75. The third kappa shape index (κ3) is 4.72. The van der Waals surface area contributed by atoms with Crippen molar-refractivity contribution in [1.29, 1.82) is 0 Å². The molecule has 5 heteroatoms. The van der Waals surface area contributed by atoms with Gasteiger partial charge in [-0.05, 0) is 42.2 Å². The minimum atomic E-state index is 0.290. The lowest BCUT2D eigenvalue weighted by molar-refractivity contribution is 0.206. The maximum absolute atomic E-state index is 6.00. The lowest BCUT2D eigenvalue weighted by atomic mass is 9.96. The summed E-state index contributed by atoms with van der Waals surface area (Å²) in [6, 6.07) is 12.5. The van der Waals surface area contributed by atoms with E-state index in [1.807, 2.05) is 25.4 Å². The molecular formula is C20H26ClN3O. The highest BCUT2D eigenvalue weighted by molar-refractivity contribution is 6.30. The van der Waals surface area contributed by atoms with E-state index in [-0.39, 0.29) is 0 Å². The van der Waals surface area contributed by atoms with E-state index < -0.39 is 0 Å². The zero-order chi connectivity index (χ0) is 17.7. The van der Waals surface area contributed by atoms with Gasteiger partial charge in [-0.15, -0.1) is 0 Å². The van der Waals surface area contributed by atoms with Gasteiger partial charge in [0.25, 0.3) is 0 Å². The van der Waals surface area contributed by atoms with Crippen LogP contribution >= 0.6 is 11.6 Å². The molecule has 1 aromatic carbocycles. The number of hydrogen-bond acceptors (Lipinski definition) is 4. The fraction of sp³-hybridized carbons (Fsp3) is 0.450. The zero-order valence-corrected chi connectivity index (χ0v) is 15.7. The highest BCUT2D eigenvalue weighted by atomic mass is 35.5. The maximum Gasteiger partial charge on any atom is 0.128 e. The van der Waals surface area contributed by atoms with E-state index in [1.54, 1.807) is 7.11 Å². The van der Waals surface area contributed by atoms with E-state index in [0.29, 0.717) is 12.0 Å². The van der Waals surface area contributed by atoms with E-state index in [4.69, 9.17) is 16.3 Å². The first kappa shape index (κ1) is 18.2. The number of methoxy groups -OCH3 is 1. The summed E-state index contributed by atoms with van der Waals surface area (Å²) in [6.45, 7) is 3.37. The molecule has 0 radical (unpaired) electrons.